The molecule has 0 rings (SSSR count). The van der Waals surface area contributed by atoms with Gasteiger partial charge in [0.1, 0.15) is 0 Å². The summed E-state index contributed by atoms with van der Waals surface area (Å²) in [6.07, 6.45) is -11.2. The van der Waals surface area contributed by atoms with E-state index in [-0.39, 0.29) is 0 Å². The summed E-state index contributed by atoms with van der Waals surface area (Å²) < 4.78 is 81.8. The highest BCUT2D eigenvalue weighted by molar-refractivity contribution is 7.86. The van der Waals surface area contributed by atoms with E-state index >= 15 is 0 Å². The van der Waals surface area contributed by atoms with E-state index in [0.717, 1.165) is 0 Å². The van der Waals surface area contributed by atoms with Crippen LogP contribution in [-0.2, 0) is 14.3 Å². The second-order valence-corrected chi connectivity index (χ2v) is 3.73. The highest BCUT2D eigenvalue weighted by atomic mass is 32.2. The molecule has 0 N–H and O–H groups in total. The minimum Gasteiger partial charge on any atom is -0.199 e. The molecule has 0 saturated heterocycles. The van der Waals surface area contributed by atoms with Gasteiger partial charge in [0, 0.05) is 0 Å². The third-order valence-electron chi connectivity index (χ3n) is 0.884. The van der Waals surface area contributed by atoms with Crippen LogP contribution >= 0.6 is 0 Å². The van der Waals surface area contributed by atoms with E-state index in [1.165, 1.54) is 0 Å². The van der Waals surface area contributed by atoms with Crippen molar-refractivity contribution in [1.82, 2.24) is 0 Å². The van der Waals surface area contributed by atoms with Crippen molar-refractivity contribution in [3.8, 4) is 0 Å². The maximum absolute atomic E-state index is 12.0. The third-order valence-corrected chi connectivity index (χ3v) is 1.99. The summed E-state index contributed by atoms with van der Waals surface area (Å²) in [4.78, 5) is 0. The van der Waals surface area contributed by atoms with Gasteiger partial charge in [-0.2, -0.15) is 34.6 Å². The van der Waals surface area contributed by atoms with Crippen LogP contribution in [0.1, 0.15) is 0 Å². The van der Waals surface area contributed by atoms with E-state index in [0.29, 0.717) is 6.08 Å². The highest BCUT2D eigenvalue weighted by Gasteiger charge is 2.62. The van der Waals surface area contributed by atoms with Gasteiger partial charge >= 0.3 is 12.3 Å². The Morgan fingerprint density at radius 1 is 1.21 bits per heavy atom. The molecule has 3 nitrogen and oxygen atoms in total. The van der Waals surface area contributed by atoms with Crippen LogP contribution in [0.4, 0.5) is 22.0 Å². The van der Waals surface area contributed by atoms with Crippen molar-refractivity contribution in [3.05, 3.63) is 12.7 Å². The molecule has 0 aromatic carbocycles. The second-order valence-electron chi connectivity index (χ2n) is 2.11. The quantitative estimate of drug-likeness (QED) is 0.426. The Kier molecular flexibility index (Phi) is 3.62. The van der Waals surface area contributed by atoms with E-state index < -0.39 is 28.2 Å². The Labute approximate surface area is 76.3 Å². The molecule has 0 aliphatic carbocycles. The van der Waals surface area contributed by atoms with Crippen molar-refractivity contribution in [2.45, 2.75) is 12.3 Å². The van der Waals surface area contributed by atoms with Crippen molar-refractivity contribution in [1.29, 1.82) is 0 Å². The molecule has 0 aromatic rings. The molecule has 84 valence electrons. The molecule has 0 amide bonds. The number of halogens is 5. The van der Waals surface area contributed by atoms with Crippen LogP contribution in [0, 0.1) is 0 Å². The molecule has 14 heavy (non-hydrogen) atoms. The number of hydrogen-bond donors (Lipinski definition) is 0. The molecule has 0 heterocycles. The molecule has 0 aliphatic rings. The van der Waals surface area contributed by atoms with Crippen LogP contribution < -0.4 is 0 Å². The lowest BCUT2D eigenvalue weighted by molar-refractivity contribution is -0.359. The molecular weight excluding hydrogens is 235 g/mol. The molecule has 0 unspecified atom stereocenters. The SMILES string of the molecule is C=CCS(=O)(=O)OC(F)(F)C(F)(F)F. The zero-order chi connectivity index (χ0) is 11.6. The van der Waals surface area contributed by atoms with Crippen molar-refractivity contribution in [3.63, 3.8) is 0 Å². The first kappa shape index (κ1) is 13.3. The maximum Gasteiger partial charge on any atom is 0.484 e. The van der Waals surface area contributed by atoms with Crippen molar-refractivity contribution < 1.29 is 34.6 Å². The van der Waals surface area contributed by atoms with Gasteiger partial charge in [0.25, 0.3) is 10.1 Å². The van der Waals surface area contributed by atoms with Gasteiger partial charge < -0.3 is 0 Å². The lowest BCUT2D eigenvalue weighted by Crippen LogP contribution is -2.41. The van der Waals surface area contributed by atoms with Gasteiger partial charge in [-0.15, -0.1) is 6.58 Å². The predicted octanol–water partition coefficient (Wildman–Crippen LogP) is 1.67. The summed E-state index contributed by atoms with van der Waals surface area (Å²) >= 11 is 0. The fourth-order valence-electron chi connectivity index (χ4n) is 0.385. The Bertz CT molecular complexity index is 304. The fourth-order valence-corrected chi connectivity index (χ4v) is 1.16. The van der Waals surface area contributed by atoms with Crippen LogP contribution in [0.3, 0.4) is 0 Å². The van der Waals surface area contributed by atoms with E-state index in [4.69, 9.17) is 0 Å². The van der Waals surface area contributed by atoms with Crippen LogP contribution in [0.2, 0.25) is 0 Å². The van der Waals surface area contributed by atoms with Gasteiger partial charge in [-0.3, -0.25) is 0 Å². The summed E-state index contributed by atoms with van der Waals surface area (Å²) in [6, 6.07) is 0. The number of alkyl halides is 5. The largest absolute Gasteiger partial charge is 0.484 e. The standard InChI is InChI=1S/C5H5F5O3S/c1-2-3-14(11,12)13-5(9,10)4(6,7)8/h2H,1,3H2. The van der Waals surface area contributed by atoms with Gasteiger partial charge in [-0.1, -0.05) is 6.08 Å². The molecule has 0 fully saturated rings. The summed E-state index contributed by atoms with van der Waals surface area (Å²) in [5, 5.41) is 0. The second kappa shape index (κ2) is 3.81. The van der Waals surface area contributed by atoms with Crippen LogP contribution in [0.25, 0.3) is 0 Å². The molecule has 0 spiro atoms. The number of hydrogen-bond acceptors (Lipinski definition) is 3. The molecule has 0 atom stereocenters. The summed E-state index contributed by atoms with van der Waals surface area (Å²) in [5.41, 5.74) is 0. The molecular formula is C5H5F5O3S. The normalized spacial score (nSPS) is 14.1. The van der Waals surface area contributed by atoms with E-state index in [9.17, 15) is 30.4 Å². The third kappa shape index (κ3) is 3.58. The van der Waals surface area contributed by atoms with Gasteiger partial charge in [0.2, 0.25) is 0 Å². The first-order valence-corrected chi connectivity index (χ1v) is 4.58. The smallest absolute Gasteiger partial charge is 0.199 e. The zero-order valence-electron chi connectivity index (χ0n) is 6.51. The van der Waals surface area contributed by atoms with E-state index in [1.54, 1.807) is 0 Å². The van der Waals surface area contributed by atoms with Gasteiger partial charge in [0.05, 0.1) is 5.75 Å². The lowest BCUT2D eigenvalue weighted by atomic mass is 10.6. The van der Waals surface area contributed by atoms with E-state index in [1.807, 2.05) is 0 Å². The Balaban J connectivity index is 4.76. The Hall–Kier alpha value is -0.700. The molecule has 0 saturated carbocycles. The summed E-state index contributed by atoms with van der Waals surface area (Å²) in [5.74, 6) is -1.13. The maximum atomic E-state index is 12.0. The minimum atomic E-state index is -6.07. The minimum absolute atomic E-state index is 0.627. The monoisotopic (exact) mass is 240 g/mol. The summed E-state index contributed by atoms with van der Waals surface area (Å²) in [6.45, 7) is 2.85. The molecule has 0 aromatic heterocycles. The van der Waals surface area contributed by atoms with Gasteiger partial charge in [-0.05, 0) is 0 Å². The molecule has 9 heteroatoms. The molecule has 0 bridgehead atoms. The Morgan fingerprint density at radius 3 is 1.93 bits per heavy atom. The average molecular weight is 240 g/mol. The van der Waals surface area contributed by atoms with Crippen LogP contribution in [0.5, 0.6) is 0 Å². The Morgan fingerprint density at radius 2 is 1.64 bits per heavy atom. The average Bonchev–Trinajstić information content (AvgIpc) is 1.80. The number of rotatable bonds is 4. The van der Waals surface area contributed by atoms with E-state index in [2.05, 4.69) is 10.8 Å². The van der Waals surface area contributed by atoms with Gasteiger partial charge in [0.15, 0.2) is 0 Å². The van der Waals surface area contributed by atoms with Crippen molar-refractivity contribution >= 4 is 10.1 Å². The zero-order valence-corrected chi connectivity index (χ0v) is 7.33. The first-order valence-electron chi connectivity index (χ1n) is 3.00. The fraction of sp³-hybridized carbons (Fsp3) is 0.600. The lowest BCUT2D eigenvalue weighted by Gasteiger charge is -2.18. The predicted molar refractivity (Wildman–Crippen MR) is 36.1 cm³/mol. The van der Waals surface area contributed by atoms with Crippen molar-refractivity contribution in [2.75, 3.05) is 5.75 Å². The highest BCUT2D eigenvalue weighted by Crippen LogP contribution is 2.37. The summed E-state index contributed by atoms with van der Waals surface area (Å²) in [7, 11) is -4.96. The topological polar surface area (TPSA) is 43.4 Å². The molecule has 0 aliphatic heterocycles. The van der Waals surface area contributed by atoms with Crippen molar-refractivity contribution in [2.24, 2.45) is 0 Å². The van der Waals surface area contributed by atoms with Crippen LogP contribution in [0.15, 0.2) is 12.7 Å². The van der Waals surface area contributed by atoms with Crippen LogP contribution in [-0.4, -0.2) is 26.5 Å². The van der Waals surface area contributed by atoms with Gasteiger partial charge in [-0.25, -0.2) is 0 Å². The molecule has 0 radical (unpaired) electrons. The first-order chi connectivity index (χ1) is 6.02.